The van der Waals surface area contributed by atoms with Crippen molar-refractivity contribution in [3.63, 3.8) is 0 Å². The van der Waals surface area contributed by atoms with Gasteiger partial charge in [0.15, 0.2) is 0 Å². The molecule has 2 N–H and O–H groups in total. The Morgan fingerprint density at radius 3 is 2.20 bits per heavy atom. The molecule has 2 aromatic rings. The average molecular weight is 292 g/mol. The van der Waals surface area contributed by atoms with E-state index in [1.807, 2.05) is 55.5 Å². The molecule has 20 heavy (non-hydrogen) atoms. The van der Waals surface area contributed by atoms with Crippen molar-refractivity contribution in [1.82, 2.24) is 0 Å². The minimum atomic E-state index is -0.569. The normalized spacial score (nSPS) is 13.6. The molecule has 106 valence electrons. The Hall–Kier alpha value is -1.71. The van der Waals surface area contributed by atoms with Crippen LogP contribution in [-0.4, -0.2) is 18.8 Å². The van der Waals surface area contributed by atoms with Crippen molar-refractivity contribution in [1.29, 1.82) is 0 Å². The zero-order valence-corrected chi connectivity index (χ0v) is 12.3. The van der Waals surface area contributed by atoms with E-state index >= 15 is 0 Å². The molecule has 0 bridgehead atoms. The highest BCUT2D eigenvalue weighted by Gasteiger charge is 2.25. The third-order valence-electron chi connectivity index (χ3n) is 3.31. The third-order valence-corrected chi connectivity index (χ3v) is 3.56. The molecule has 0 aromatic heterocycles. The molecule has 0 aliphatic carbocycles. The van der Waals surface area contributed by atoms with Crippen LogP contribution < -0.4 is 10.1 Å². The number of ether oxygens (including phenoxy) is 1. The standard InChI is InChI=1S/C16H18ClNO2/c1-16(11-19,12-3-9-15(20-2)10-4-12)18-14-7-5-13(17)6-8-14/h3-10,18-19H,11H2,1-2H3. The molecule has 0 aliphatic rings. The number of aliphatic hydroxyl groups excluding tert-OH is 1. The smallest absolute Gasteiger partial charge is 0.118 e. The Labute approximate surface area is 124 Å². The van der Waals surface area contributed by atoms with E-state index in [-0.39, 0.29) is 6.61 Å². The van der Waals surface area contributed by atoms with Crippen LogP contribution in [-0.2, 0) is 5.54 Å². The summed E-state index contributed by atoms with van der Waals surface area (Å²) in [6, 6.07) is 15.1. The first-order chi connectivity index (χ1) is 9.57. The molecule has 0 radical (unpaired) electrons. The lowest BCUT2D eigenvalue weighted by molar-refractivity contribution is 0.224. The predicted octanol–water partition coefficient (Wildman–Crippen LogP) is 3.67. The molecule has 1 atom stereocenters. The van der Waals surface area contributed by atoms with Gasteiger partial charge < -0.3 is 15.2 Å². The molecule has 0 heterocycles. The van der Waals surface area contributed by atoms with E-state index in [1.165, 1.54) is 0 Å². The van der Waals surface area contributed by atoms with Gasteiger partial charge in [-0.15, -0.1) is 0 Å². The number of hydrogen-bond acceptors (Lipinski definition) is 3. The number of nitrogens with one attached hydrogen (secondary N) is 1. The number of rotatable bonds is 5. The monoisotopic (exact) mass is 291 g/mol. The first kappa shape index (κ1) is 14.7. The van der Waals surface area contributed by atoms with Crippen molar-refractivity contribution in [2.24, 2.45) is 0 Å². The predicted molar refractivity (Wildman–Crippen MR) is 82.5 cm³/mol. The minimum Gasteiger partial charge on any atom is -0.497 e. The maximum atomic E-state index is 9.76. The topological polar surface area (TPSA) is 41.5 Å². The summed E-state index contributed by atoms with van der Waals surface area (Å²) >= 11 is 5.88. The molecule has 4 heteroatoms. The van der Waals surface area contributed by atoms with Crippen LogP contribution in [0.2, 0.25) is 5.02 Å². The van der Waals surface area contributed by atoms with Crippen LogP contribution in [0.15, 0.2) is 48.5 Å². The van der Waals surface area contributed by atoms with E-state index in [9.17, 15) is 5.11 Å². The van der Waals surface area contributed by atoms with Crippen LogP contribution in [0, 0.1) is 0 Å². The Morgan fingerprint density at radius 2 is 1.70 bits per heavy atom. The number of hydrogen-bond donors (Lipinski definition) is 2. The fourth-order valence-electron chi connectivity index (χ4n) is 2.01. The van der Waals surface area contributed by atoms with Gasteiger partial charge in [-0.3, -0.25) is 0 Å². The van der Waals surface area contributed by atoms with Gasteiger partial charge in [0.2, 0.25) is 0 Å². The van der Waals surface area contributed by atoms with Gasteiger partial charge in [0, 0.05) is 10.7 Å². The van der Waals surface area contributed by atoms with E-state index in [4.69, 9.17) is 16.3 Å². The number of anilines is 1. The van der Waals surface area contributed by atoms with Gasteiger partial charge in [-0.1, -0.05) is 23.7 Å². The minimum absolute atomic E-state index is 0.0258. The molecule has 2 aromatic carbocycles. The van der Waals surface area contributed by atoms with Crippen LogP contribution in [0.1, 0.15) is 12.5 Å². The molecule has 1 unspecified atom stereocenters. The molecule has 3 nitrogen and oxygen atoms in total. The summed E-state index contributed by atoms with van der Waals surface area (Å²) in [4.78, 5) is 0. The van der Waals surface area contributed by atoms with Gasteiger partial charge in [0.1, 0.15) is 5.75 Å². The van der Waals surface area contributed by atoms with Crippen molar-refractivity contribution < 1.29 is 9.84 Å². The second-order valence-corrected chi connectivity index (χ2v) is 5.29. The van der Waals surface area contributed by atoms with Gasteiger partial charge >= 0.3 is 0 Å². The fraction of sp³-hybridized carbons (Fsp3) is 0.250. The molecule has 0 aliphatic heterocycles. The van der Waals surface area contributed by atoms with Gasteiger partial charge in [-0.25, -0.2) is 0 Å². The lowest BCUT2D eigenvalue weighted by Gasteiger charge is -2.30. The van der Waals surface area contributed by atoms with Crippen molar-refractivity contribution in [3.8, 4) is 5.75 Å². The quantitative estimate of drug-likeness (QED) is 0.883. The van der Waals surface area contributed by atoms with Crippen LogP contribution in [0.5, 0.6) is 5.75 Å². The van der Waals surface area contributed by atoms with Gasteiger partial charge in [0.25, 0.3) is 0 Å². The Kier molecular flexibility index (Phi) is 4.53. The molecular weight excluding hydrogens is 274 g/mol. The number of benzene rings is 2. The number of halogens is 1. The molecule has 0 spiro atoms. The van der Waals surface area contributed by atoms with Crippen LogP contribution in [0.3, 0.4) is 0 Å². The summed E-state index contributed by atoms with van der Waals surface area (Å²) in [5.74, 6) is 0.792. The Morgan fingerprint density at radius 1 is 1.10 bits per heavy atom. The Balaban J connectivity index is 2.25. The fourth-order valence-corrected chi connectivity index (χ4v) is 2.14. The highest BCUT2D eigenvalue weighted by molar-refractivity contribution is 6.30. The SMILES string of the molecule is COc1ccc(C(C)(CO)Nc2ccc(Cl)cc2)cc1. The van der Waals surface area contributed by atoms with E-state index in [2.05, 4.69) is 5.32 Å². The first-order valence-corrected chi connectivity index (χ1v) is 6.74. The second kappa shape index (κ2) is 6.16. The number of aliphatic hydroxyl groups is 1. The third kappa shape index (κ3) is 3.24. The van der Waals surface area contributed by atoms with Crippen molar-refractivity contribution >= 4 is 17.3 Å². The van der Waals surface area contributed by atoms with Crippen molar-refractivity contribution in [3.05, 3.63) is 59.1 Å². The van der Waals surface area contributed by atoms with Crippen LogP contribution >= 0.6 is 11.6 Å². The highest BCUT2D eigenvalue weighted by Crippen LogP contribution is 2.28. The van der Waals surface area contributed by atoms with Crippen molar-refractivity contribution in [2.45, 2.75) is 12.5 Å². The lowest BCUT2D eigenvalue weighted by atomic mass is 9.92. The maximum absolute atomic E-state index is 9.76. The summed E-state index contributed by atoms with van der Waals surface area (Å²) in [7, 11) is 1.63. The highest BCUT2D eigenvalue weighted by atomic mass is 35.5. The van der Waals surface area contributed by atoms with Crippen LogP contribution in [0.25, 0.3) is 0 Å². The molecule has 0 saturated carbocycles. The number of methoxy groups -OCH3 is 1. The molecule has 0 saturated heterocycles. The summed E-state index contributed by atoms with van der Waals surface area (Å²) in [6.45, 7) is 1.92. The first-order valence-electron chi connectivity index (χ1n) is 6.36. The summed E-state index contributed by atoms with van der Waals surface area (Å²) < 4.78 is 5.15. The lowest BCUT2D eigenvalue weighted by Crippen LogP contribution is -2.35. The van der Waals surface area contributed by atoms with Gasteiger partial charge in [0.05, 0.1) is 19.3 Å². The van der Waals surface area contributed by atoms with Gasteiger partial charge in [-0.2, -0.15) is 0 Å². The maximum Gasteiger partial charge on any atom is 0.118 e. The van der Waals surface area contributed by atoms with Crippen molar-refractivity contribution in [2.75, 3.05) is 19.0 Å². The molecule has 0 amide bonds. The van der Waals surface area contributed by atoms with E-state index in [0.29, 0.717) is 5.02 Å². The van der Waals surface area contributed by atoms with E-state index in [1.54, 1.807) is 7.11 Å². The summed E-state index contributed by atoms with van der Waals surface area (Å²) in [5, 5.41) is 13.8. The van der Waals surface area contributed by atoms with E-state index < -0.39 is 5.54 Å². The second-order valence-electron chi connectivity index (χ2n) is 4.85. The molecule has 2 rings (SSSR count). The average Bonchev–Trinajstić information content (AvgIpc) is 2.49. The molecular formula is C16H18ClNO2. The summed E-state index contributed by atoms with van der Waals surface area (Å²) in [5.41, 5.74) is 1.32. The van der Waals surface area contributed by atoms with Gasteiger partial charge in [-0.05, 0) is 48.9 Å². The zero-order chi connectivity index (χ0) is 14.6. The molecule has 0 fully saturated rings. The van der Waals surface area contributed by atoms with E-state index in [0.717, 1.165) is 17.0 Å². The zero-order valence-electron chi connectivity index (χ0n) is 11.6. The van der Waals surface area contributed by atoms with Crippen LogP contribution in [0.4, 0.5) is 5.69 Å². The Bertz CT molecular complexity index is 554. The largest absolute Gasteiger partial charge is 0.497 e. The summed E-state index contributed by atoms with van der Waals surface area (Å²) in [6.07, 6.45) is 0.